The third-order valence-corrected chi connectivity index (χ3v) is 4.02. The van der Waals surface area contributed by atoms with Crippen LogP contribution in [0.2, 0.25) is 0 Å². The molecule has 0 amide bonds. The SMILES string of the molecule is Cc1cc([N+](=O)[O-])ccc1-c1cnn(C2CCNCC2)c1. The Morgan fingerprint density at radius 1 is 1.38 bits per heavy atom. The lowest BCUT2D eigenvalue weighted by Gasteiger charge is -2.22. The van der Waals surface area contributed by atoms with Crippen LogP contribution in [0.3, 0.4) is 0 Å². The molecule has 1 aromatic carbocycles. The molecule has 6 heteroatoms. The van der Waals surface area contributed by atoms with Crippen molar-refractivity contribution in [1.29, 1.82) is 0 Å². The molecule has 0 unspecified atom stereocenters. The van der Waals surface area contributed by atoms with Crippen molar-refractivity contribution in [3.63, 3.8) is 0 Å². The van der Waals surface area contributed by atoms with Gasteiger partial charge >= 0.3 is 0 Å². The van der Waals surface area contributed by atoms with Crippen LogP contribution in [0.4, 0.5) is 5.69 Å². The van der Waals surface area contributed by atoms with E-state index in [2.05, 4.69) is 10.4 Å². The molecule has 1 saturated heterocycles. The molecule has 2 aromatic rings. The van der Waals surface area contributed by atoms with Crippen LogP contribution in [0.15, 0.2) is 30.6 Å². The van der Waals surface area contributed by atoms with Gasteiger partial charge in [0.2, 0.25) is 0 Å². The summed E-state index contributed by atoms with van der Waals surface area (Å²) in [7, 11) is 0. The van der Waals surface area contributed by atoms with Crippen molar-refractivity contribution in [2.75, 3.05) is 13.1 Å². The predicted octanol–water partition coefficient (Wildman–Crippen LogP) is 2.69. The molecular formula is C15H18N4O2. The Bertz CT molecular complexity index is 659. The average molecular weight is 286 g/mol. The molecule has 0 spiro atoms. The zero-order chi connectivity index (χ0) is 14.8. The van der Waals surface area contributed by atoms with Crippen LogP contribution < -0.4 is 5.32 Å². The second kappa shape index (κ2) is 5.65. The molecule has 110 valence electrons. The number of aryl methyl sites for hydroxylation is 1. The number of nitro benzene ring substituents is 1. The number of piperidine rings is 1. The maximum absolute atomic E-state index is 10.8. The van der Waals surface area contributed by atoms with E-state index in [1.165, 1.54) is 0 Å². The Morgan fingerprint density at radius 2 is 2.14 bits per heavy atom. The molecule has 0 bridgehead atoms. The highest BCUT2D eigenvalue weighted by Gasteiger charge is 2.17. The van der Waals surface area contributed by atoms with E-state index in [-0.39, 0.29) is 10.6 Å². The molecule has 6 nitrogen and oxygen atoms in total. The summed E-state index contributed by atoms with van der Waals surface area (Å²) in [5.41, 5.74) is 3.04. The molecular weight excluding hydrogens is 268 g/mol. The zero-order valence-electron chi connectivity index (χ0n) is 12.0. The minimum atomic E-state index is -0.366. The monoisotopic (exact) mass is 286 g/mol. The number of rotatable bonds is 3. The maximum Gasteiger partial charge on any atom is 0.269 e. The molecule has 0 saturated carbocycles. The first kappa shape index (κ1) is 13.8. The Morgan fingerprint density at radius 3 is 2.81 bits per heavy atom. The van der Waals surface area contributed by atoms with E-state index in [0.717, 1.165) is 42.6 Å². The van der Waals surface area contributed by atoms with Crippen LogP contribution in [0.1, 0.15) is 24.4 Å². The molecule has 1 N–H and O–H groups in total. The molecule has 3 rings (SSSR count). The van der Waals surface area contributed by atoms with E-state index in [1.54, 1.807) is 18.2 Å². The molecule has 1 aliphatic heterocycles. The van der Waals surface area contributed by atoms with Gasteiger partial charge in [-0.3, -0.25) is 14.8 Å². The van der Waals surface area contributed by atoms with Crippen LogP contribution in [-0.2, 0) is 0 Å². The van der Waals surface area contributed by atoms with Crippen molar-refractivity contribution in [2.24, 2.45) is 0 Å². The zero-order valence-corrected chi connectivity index (χ0v) is 12.0. The van der Waals surface area contributed by atoms with Gasteiger partial charge in [-0.25, -0.2) is 0 Å². The number of hydrogen-bond donors (Lipinski definition) is 1. The van der Waals surface area contributed by atoms with Crippen molar-refractivity contribution < 1.29 is 4.92 Å². The lowest BCUT2D eigenvalue weighted by atomic mass is 10.0. The third kappa shape index (κ3) is 2.80. The fraction of sp³-hybridized carbons (Fsp3) is 0.400. The number of nitrogens with zero attached hydrogens (tertiary/aromatic N) is 3. The van der Waals surface area contributed by atoms with Gasteiger partial charge in [-0.1, -0.05) is 0 Å². The van der Waals surface area contributed by atoms with Crippen molar-refractivity contribution in [2.45, 2.75) is 25.8 Å². The second-order valence-corrected chi connectivity index (χ2v) is 5.45. The number of benzene rings is 1. The van der Waals surface area contributed by atoms with Crippen LogP contribution in [0, 0.1) is 17.0 Å². The molecule has 2 heterocycles. The number of nitrogens with one attached hydrogen (secondary N) is 1. The van der Waals surface area contributed by atoms with E-state index >= 15 is 0 Å². The largest absolute Gasteiger partial charge is 0.317 e. The maximum atomic E-state index is 10.8. The van der Waals surface area contributed by atoms with E-state index < -0.39 is 0 Å². The van der Waals surface area contributed by atoms with E-state index in [9.17, 15) is 10.1 Å². The van der Waals surface area contributed by atoms with Crippen molar-refractivity contribution in [1.82, 2.24) is 15.1 Å². The Balaban J connectivity index is 1.87. The molecule has 1 aromatic heterocycles. The minimum Gasteiger partial charge on any atom is -0.317 e. The third-order valence-electron chi connectivity index (χ3n) is 4.02. The highest BCUT2D eigenvalue weighted by atomic mass is 16.6. The molecule has 0 radical (unpaired) electrons. The summed E-state index contributed by atoms with van der Waals surface area (Å²) in [6.07, 6.45) is 6.06. The summed E-state index contributed by atoms with van der Waals surface area (Å²) >= 11 is 0. The molecule has 21 heavy (non-hydrogen) atoms. The fourth-order valence-electron chi connectivity index (χ4n) is 2.83. The smallest absolute Gasteiger partial charge is 0.269 e. The summed E-state index contributed by atoms with van der Waals surface area (Å²) in [5.74, 6) is 0. The first-order valence-corrected chi connectivity index (χ1v) is 7.15. The molecule has 1 fully saturated rings. The average Bonchev–Trinajstić information content (AvgIpc) is 2.97. The van der Waals surface area contributed by atoms with Crippen LogP contribution >= 0.6 is 0 Å². The lowest BCUT2D eigenvalue weighted by molar-refractivity contribution is -0.384. The highest BCUT2D eigenvalue weighted by molar-refractivity contribution is 5.67. The van der Waals surface area contributed by atoms with Gasteiger partial charge < -0.3 is 5.32 Å². The first-order chi connectivity index (χ1) is 10.1. The van der Waals surface area contributed by atoms with E-state index in [0.29, 0.717) is 6.04 Å². The topological polar surface area (TPSA) is 73.0 Å². The summed E-state index contributed by atoms with van der Waals surface area (Å²) < 4.78 is 2.02. The summed E-state index contributed by atoms with van der Waals surface area (Å²) in [5, 5.41) is 18.6. The summed E-state index contributed by atoms with van der Waals surface area (Å²) in [6.45, 7) is 3.94. The van der Waals surface area contributed by atoms with Gasteiger partial charge in [0.05, 0.1) is 17.2 Å². The fourth-order valence-corrected chi connectivity index (χ4v) is 2.83. The number of aromatic nitrogens is 2. The molecule has 1 aliphatic rings. The van der Waals surface area contributed by atoms with Crippen LogP contribution in [0.5, 0.6) is 0 Å². The quantitative estimate of drug-likeness (QED) is 0.695. The Kier molecular flexibility index (Phi) is 3.70. The molecule has 0 aliphatic carbocycles. The second-order valence-electron chi connectivity index (χ2n) is 5.45. The van der Waals surface area contributed by atoms with Gasteiger partial charge in [0.25, 0.3) is 5.69 Å². The van der Waals surface area contributed by atoms with E-state index in [1.807, 2.05) is 24.0 Å². The standard InChI is InChI=1S/C15H18N4O2/c1-11-8-14(19(20)21)2-3-15(11)12-9-17-18(10-12)13-4-6-16-7-5-13/h2-3,8-10,13,16H,4-7H2,1H3. The number of non-ortho nitro benzene ring substituents is 1. The Labute approximate surface area is 122 Å². The van der Waals surface area contributed by atoms with E-state index in [4.69, 9.17) is 0 Å². The van der Waals surface area contributed by atoms with Gasteiger partial charge in [0.1, 0.15) is 0 Å². The predicted molar refractivity (Wildman–Crippen MR) is 80.2 cm³/mol. The number of hydrogen-bond acceptors (Lipinski definition) is 4. The van der Waals surface area contributed by atoms with Crippen molar-refractivity contribution in [3.05, 3.63) is 46.3 Å². The Hall–Kier alpha value is -2.21. The van der Waals surface area contributed by atoms with Gasteiger partial charge in [-0.15, -0.1) is 0 Å². The van der Waals surface area contributed by atoms with Gasteiger partial charge in [-0.2, -0.15) is 5.10 Å². The molecule has 0 atom stereocenters. The summed E-state index contributed by atoms with van der Waals surface area (Å²) in [6, 6.07) is 5.40. The highest BCUT2D eigenvalue weighted by Crippen LogP contribution is 2.28. The lowest BCUT2D eigenvalue weighted by Crippen LogP contribution is -2.29. The summed E-state index contributed by atoms with van der Waals surface area (Å²) in [4.78, 5) is 10.4. The van der Waals surface area contributed by atoms with Crippen LogP contribution in [-0.4, -0.2) is 27.8 Å². The van der Waals surface area contributed by atoms with Crippen molar-refractivity contribution >= 4 is 5.69 Å². The van der Waals surface area contributed by atoms with Gasteiger partial charge in [0, 0.05) is 23.9 Å². The van der Waals surface area contributed by atoms with Gasteiger partial charge in [-0.05, 0) is 50.0 Å². The van der Waals surface area contributed by atoms with Crippen molar-refractivity contribution in [3.8, 4) is 11.1 Å². The minimum absolute atomic E-state index is 0.127. The number of nitro groups is 1. The van der Waals surface area contributed by atoms with Gasteiger partial charge in [0.15, 0.2) is 0 Å². The van der Waals surface area contributed by atoms with Crippen LogP contribution in [0.25, 0.3) is 11.1 Å². The normalized spacial score (nSPS) is 16.0. The first-order valence-electron chi connectivity index (χ1n) is 7.15.